The Morgan fingerprint density at radius 3 is 2.29 bits per heavy atom. The predicted octanol–water partition coefficient (Wildman–Crippen LogP) is 3.51. The smallest absolute Gasteiger partial charge is 0.197 e. The van der Waals surface area contributed by atoms with Crippen molar-refractivity contribution in [2.45, 2.75) is 12.1 Å². The zero-order chi connectivity index (χ0) is 10.8. The fourth-order valence-electron chi connectivity index (χ4n) is 1.03. The number of halogens is 4. The number of alkyl halides is 3. The summed E-state index contributed by atoms with van der Waals surface area (Å²) in [7, 11) is 0. The predicted molar refractivity (Wildman–Crippen MR) is 45.9 cm³/mol. The highest BCUT2D eigenvalue weighted by Crippen LogP contribution is 2.37. The van der Waals surface area contributed by atoms with Gasteiger partial charge in [-0.25, -0.2) is 0 Å². The Morgan fingerprint density at radius 1 is 1.29 bits per heavy atom. The molecule has 0 aliphatic heterocycles. The second-order valence-corrected chi connectivity index (χ2v) is 3.03. The average molecular weight is 220 g/mol. The quantitative estimate of drug-likeness (QED) is 0.709. The molecule has 0 N–H and O–H groups in total. The lowest BCUT2D eigenvalue weighted by Gasteiger charge is -2.14. The Kier molecular flexibility index (Phi) is 3.02. The van der Waals surface area contributed by atoms with Gasteiger partial charge in [0, 0.05) is 5.02 Å². The van der Waals surface area contributed by atoms with Crippen LogP contribution in [0.25, 0.3) is 0 Å². The minimum Gasteiger partial charge on any atom is -0.197 e. The Hall–Kier alpha value is -1.21. The Balaban J connectivity index is 3.16. The summed E-state index contributed by atoms with van der Waals surface area (Å²) in [6.07, 6.45) is -4.58. The van der Waals surface area contributed by atoms with E-state index in [2.05, 4.69) is 0 Å². The van der Waals surface area contributed by atoms with Gasteiger partial charge in [-0.15, -0.1) is 0 Å². The Bertz CT molecular complexity index is 367. The van der Waals surface area contributed by atoms with E-state index in [0.717, 1.165) is 0 Å². The van der Waals surface area contributed by atoms with Crippen LogP contribution >= 0.6 is 11.6 Å². The first-order chi connectivity index (χ1) is 6.46. The molecule has 0 aromatic heterocycles. The van der Waals surface area contributed by atoms with Gasteiger partial charge in [0.25, 0.3) is 0 Å². The lowest BCUT2D eigenvalue weighted by molar-refractivity contribution is -0.137. The second kappa shape index (κ2) is 3.89. The normalized spacial score (nSPS) is 13.4. The van der Waals surface area contributed by atoms with Gasteiger partial charge in [-0.2, -0.15) is 18.4 Å². The van der Waals surface area contributed by atoms with Crippen molar-refractivity contribution in [1.29, 1.82) is 5.26 Å². The fourth-order valence-corrected chi connectivity index (χ4v) is 1.27. The third-order valence-corrected chi connectivity index (χ3v) is 2.02. The molecule has 0 amide bonds. The summed E-state index contributed by atoms with van der Waals surface area (Å²) >= 11 is 5.55. The zero-order valence-corrected chi connectivity index (χ0v) is 7.60. The van der Waals surface area contributed by atoms with E-state index in [-0.39, 0.29) is 10.6 Å². The van der Waals surface area contributed by atoms with E-state index in [1.165, 1.54) is 30.3 Å². The number of hydrogen-bond acceptors (Lipinski definition) is 1. The van der Waals surface area contributed by atoms with Gasteiger partial charge in [0.1, 0.15) is 0 Å². The standard InChI is InChI=1S/C9H5ClF3N/c10-8-4-2-1-3-6(8)7(5-14)9(11,12)13/h1-4,7H. The topological polar surface area (TPSA) is 23.8 Å². The van der Waals surface area contributed by atoms with E-state index >= 15 is 0 Å². The van der Waals surface area contributed by atoms with E-state index in [1.807, 2.05) is 0 Å². The highest BCUT2D eigenvalue weighted by molar-refractivity contribution is 6.31. The summed E-state index contributed by atoms with van der Waals surface area (Å²) in [6.45, 7) is 0. The lowest BCUT2D eigenvalue weighted by Crippen LogP contribution is -2.19. The van der Waals surface area contributed by atoms with Crippen molar-refractivity contribution in [2.75, 3.05) is 0 Å². The summed E-state index contributed by atoms with van der Waals surface area (Å²) in [5.41, 5.74) is -0.204. The summed E-state index contributed by atoms with van der Waals surface area (Å²) < 4.78 is 36.9. The number of nitriles is 1. The van der Waals surface area contributed by atoms with Gasteiger partial charge in [-0.1, -0.05) is 29.8 Å². The molecule has 0 radical (unpaired) electrons. The van der Waals surface area contributed by atoms with Crippen LogP contribution in [0, 0.1) is 11.3 Å². The molecule has 1 nitrogen and oxygen atoms in total. The minimum atomic E-state index is -4.58. The van der Waals surface area contributed by atoms with E-state index in [0.29, 0.717) is 0 Å². The maximum absolute atomic E-state index is 12.3. The van der Waals surface area contributed by atoms with Crippen molar-refractivity contribution in [1.82, 2.24) is 0 Å². The third kappa shape index (κ3) is 2.18. The molecule has 0 bridgehead atoms. The van der Waals surface area contributed by atoms with Crippen LogP contribution in [-0.4, -0.2) is 6.18 Å². The van der Waals surface area contributed by atoms with Crippen LogP contribution in [0.2, 0.25) is 5.02 Å². The first kappa shape index (κ1) is 10.9. The van der Waals surface area contributed by atoms with E-state index in [9.17, 15) is 13.2 Å². The molecule has 1 unspecified atom stereocenters. The molecule has 1 aromatic carbocycles. The van der Waals surface area contributed by atoms with Crippen LogP contribution in [0.3, 0.4) is 0 Å². The maximum Gasteiger partial charge on any atom is 0.408 e. The van der Waals surface area contributed by atoms with Gasteiger partial charge in [-0.05, 0) is 11.6 Å². The molecule has 0 spiro atoms. The van der Waals surface area contributed by atoms with E-state index in [4.69, 9.17) is 16.9 Å². The van der Waals surface area contributed by atoms with Crippen LogP contribution in [-0.2, 0) is 0 Å². The molecule has 14 heavy (non-hydrogen) atoms. The Labute approximate surface area is 83.7 Å². The summed E-state index contributed by atoms with van der Waals surface area (Å²) in [6, 6.07) is 6.64. The van der Waals surface area contributed by atoms with Gasteiger partial charge in [0.05, 0.1) is 6.07 Å². The van der Waals surface area contributed by atoms with Gasteiger partial charge in [0.15, 0.2) is 5.92 Å². The van der Waals surface area contributed by atoms with Crippen molar-refractivity contribution in [3.8, 4) is 6.07 Å². The number of benzene rings is 1. The van der Waals surface area contributed by atoms with Crippen LogP contribution in [0.4, 0.5) is 13.2 Å². The SMILES string of the molecule is N#CC(c1ccccc1Cl)C(F)(F)F. The maximum atomic E-state index is 12.3. The van der Waals surface area contributed by atoms with Gasteiger partial charge >= 0.3 is 6.18 Å². The molecule has 0 heterocycles. The number of hydrogen-bond donors (Lipinski definition) is 0. The second-order valence-electron chi connectivity index (χ2n) is 2.63. The van der Waals surface area contributed by atoms with Crippen molar-refractivity contribution < 1.29 is 13.2 Å². The minimum absolute atomic E-state index is 0.0450. The number of nitrogens with zero attached hydrogens (tertiary/aromatic N) is 1. The van der Waals surface area contributed by atoms with Crippen molar-refractivity contribution in [3.05, 3.63) is 34.9 Å². The number of rotatable bonds is 1. The molecule has 0 aliphatic rings. The molecule has 74 valence electrons. The van der Waals surface area contributed by atoms with Crippen molar-refractivity contribution in [3.63, 3.8) is 0 Å². The average Bonchev–Trinajstić information content (AvgIpc) is 2.07. The van der Waals surface area contributed by atoms with E-state index in [1.54, 1.807) is 0 Å². The van der Waals surface area contributed by atoms with Crippen molar-refractivity contribution >= 4 is 11.6 Å². The molecule has 0 saturated carbocycles. The summed E-state index contributed by atoms with van der Waals surface area (Å²) in [5, 5.41) is 8.37. The van der Waals surface area contributed by atoms with Crippen LogP contribution in [0.5, 0.6) is 0 Å². The zero-order valence-electron chi connectivity index (χ0n) is 6.85. The van der Waals surface area contributed by atoms with Crippen LogP contribution in [0.1, 0.15) is 11.5 Å². The molecule has 5 heteroatoms. The Morgan fingerprint density at radius 2 is 1.86 bits per heavy atom. The summed E-state index contributed by atoms with van der Waals surface area (Å²) in [5.74, 6) is -2.16. The lowest BCUT2D eigenvalue weighted by atomic mass is 10.0. The molecule has 1 aromatic rings. The monoisotopic (exact) mass is 219 g/mol. The molecule has 0 aliphatic carbocycles. The highest BCUT2D eigenvalue weighted by atomic mass is 35.5. The summed E-state index contributed by atoms with van der Waals surface area (Å²) in [4.78, 5) is 0. The van der Waals surface area contributed by atoms with Crippen LogP contribution in [0.15, 0.2) is 24.3 Å². The van der Waals surface area contributed by atoms with Gasteiger partial charge in [0.2, 0.25) is 0 Å². The largest absolute Gasteiger partial charge is 0.408 e. The third-order valence-electron chi connectivity index (χ3n) is 1.67. The van der Waals surface area contributed by atoms with Gasteiger partial charge in [-0.3, -0.25) is 0 Å². The molecular formula is C9H5ClF3N. The molecule has 0 saturated heterocycles. The van der Waals surface area contributed by atoms with Crippen molar-refractivity contribution in [2.24, 2.45) is 0 Å². The molecular weight excluding hydrogens is 215 g/mol. The first-order valence-corrected chi connectivity index (χ1v) is 4.05. The highest BCUT2D eigenvalue weighted by Gasteiger charge is 2.41. The molecule has 1 rings (SSSR count). The van der Waals surface area contributed by atoms with Crippen LogP contribution < -0.4 is 0 Å². The van der Waals surface area contributed by atoms with Gasteiger partial charge < -0.3 is 0 Å². The molecule has 1 atom stereocenters. The van der Waals surface area contributed by atoms with E-state index < -0.39 is 12.1 Å². The molecule has 0 fully saturated rings. The fraction of sp³-hybridized carbons (Fsp3) is 0.222. The first-order valence-electron chi connectivity index (χ1n) is 3.67.